The van der Waals surface area contributed by atoms with Gasteiger partial charge in [-0.3, -0.25) is 0 Å². The number of aromatic nitrogens is 1. The van der Waals surface area contributed by atoms with E-state index in [0.717, 1.165) is 15.2 Å². The van der Waals surface area contributed by atoms with Crippen molar-refractivity contribution in [2.75, 3.05) is 7.11 Å². The zero-order valence-corrected chi connectivity index (χ0v) is 15.3. The first kappa shape index (κ1) is 14.1. The molecule has 0 fully saturated rings. The van der Waals surface area contributed by atoms with Crippen molar-refractivity contribution in [1.82, 2.24) is 4.98 Å². The van der Waals surface area contributed by atoms with Gasteiger partial charge in [0.1, 0.15) is 0 Å². The quantitative estimate of drug-likeness (QED) is 0.694. The second-order valence-electron chi connectivity index (χ2n) is 5.23. The zero-order valence-electron chi connectivity index (χ0n) is 10.8. The van der Waals surface area contributed by atoms with E-state index in [9.17, 15) is 4.39 Å². The van der Waals surface area contributed by atoms with Crippen LogP contribution in [0.2, 0.25) is 14.8 Å². The SMILES string of the molecule is COc1c(F)cc(Br)c2cnc[c]([Sn]([CH3])([CH3])[CH3])c12. The van der Waals surface area contributed by atoms with Crippen molar-refractivity contribution in [3.63, 3.8) is 0 Å². The van der Waals surface area contributed by atoms with Crippen molar-refractivity contribution in [2.24, 2.45) is 0 Å². The Morgan fingerprint density at radius 1 is 1.28 bits per heavy atom. The first-order valence-electron chi connectivity index (χ1n) is 5.66. The van der Waals surface area contributed by atoms with Crippen molar-refractivity contribution in [3.05, 3.63) is 28.7 Å². The maximum absolute atomic E-state index is 14.0. The molecule has 0 atom stereocenters. The van der Waals surface area contributed by atoms with Crippen molar-refractivity contribution in [3.8, 4) is 5.75 Å². The molecule has 2 aromatic rings. The Morgan fingerprint density at radius 2 is 1.94 bits per heavy atom. The molecule has 0 saturated carbocycles. The predicted molar refractivity (Wildman–Crippen MR) is 78.9 cm³/mol. The van der Waals surface area contributed by atoms with E-state index in [0.29, 0.717) is 5.75 Å². The molecule has 18 heavy (non-hydrogen) atoms. The van der Waals surface area contributed by atoms with Gasteiger partial charge in [-0.25, -0.2) is 0 Å². The molecule has 0 radical (unpaired) electrons. The van der Waals surface area contributed by atoms with Gasteiger partial charge in [-0.1, -0.05) is 0 Å². The molecule has 0 aliphatic heterocycles. The molecule has 96 valence electrons. The van der Waals surface area contributed by atoms with Gasteiger partial charge in [0, 0.05) is 0 Å². The Kier molecular flexibility index (Phi) is 3.87. The van der Waals surface area contributed by atoms with Crippen LogP contribution >= 0.6 is 15.9 Å². The van der Waals surface area contributed by atoms with E-state index in [1.807, 2.05) is 6.20 Å². The third-order valence-electron chi connectivity index (χ3n) is 2.91. The van der Waals surface area contributed by atoms with Crippen molar-refractivity contribution in [2.45, 2.75) is 14.8 Å². The fraction of sp³-hybridized carbons (Fsp3) is 0.308. The van der Waals surface area contributed by atoms with Crippen LogP contribution in [0.5, 0.6) is 5.75 Å². The van der Waals surface area contributed by atoms with Crippen LogP contribution < -0.4 is 8.32 Å². The Morgan fingerprint density at radius 3 is 2.50 bits per heavy atom. The number of hydrogen-bond donors (Lipinski definition) is 0. The molecule has 0 bridgehead atoms. The van der Waals surface area contributed by atoms with Crippen LogP contribution in [0.3, 0.4) is 0 Å². The van der Waals surface area contributed by atoms with Crippen LogP contribution in [0.25, 0.3) is 10.8 Å². The minimum atomic E-state index is -2.38. The van der Waals surface area contributed by atoms with E-state index in [1.165, 1.54) is 16.8 Å². The number of rotatable bonds is 2. The van der Waals surface area contributed by atoms with E-state index >= 15 is 0 Å². The Bertz CT molecular complexity index is 610. The standard InChI is InChI=1S/C10H6BrFNO.3CH3.Sn/c1-14-10-6-2-3-13-5-7(6)8(11)4-9(10)12;;;;/h3-5H,1H3;3*1H3;. The maximum atomic E-state index is 14.0. The summed E-state index contributed by atoms with van der Waals surface area (Å²) in [6.45, 7) is 0. The van der Waals surface area contributed by atoms with Crippen molar-refractivity contribution < 1.29 is 9.13 Å². The summed E-state index contributed by atoms with van der Waals surface area (Å²) in [7, 11) is 1.51. The third kappa shape index (κ3) is 2.37. The molecule has 1 aromatic heterocycles. The molecule has 2 rings (SSSR count). The molecule has 0 spiro atoms. The van der Waals surface area contributed by atoms with E-state index in [1.54, 1.807) is 6.20 Å². The summed E-state index contributed by atoms with van der Waals surface area (Å²) in [6.07, 6.45) is 3.62. The van der Waals surface area contributed by atoms with Gasteiger partial charge in [0.2, 0.25) is 0 Å². The van der Waals surface area contributed by atoms with Gasteiger partial charge < -0.3 is 0 Å². The van der Waals surface area contributed by atoms with Crippen LogP contribution in [0.1, 0.15) is 0 Å². The normalized spacial score (nSPS) is 11.9. The van der Waals surface area contributed by atoms with E-state index in [4.69, 9.17) is 4.74 Å². The van der Waals surface area contributed by atoms with Crippen LogP contribution in [-0.2, 0) is 0 Å². The number of fused-ring (bicyclic) bond motifs is 1. The number of ether oxygens (including phenoxy) is 1. The number of nitrogens with zero attached hydrogens (tertiary/aromatic N) is 1. The van der Waals surface area contributed by atoms with Crippen LogP contribution in [0, 0.1) is 5.82 Å². The van der Waals surface area contributed by atoms with Gasteiger partial charge >= 0.3 is 119 Å². The average molecular weight is 419 g/mol. The number of pyridine rings is 1. The molecule has 0 N–H and O–H groups in total. The fourth-order valence-electron chi connectivity index (χ4n) is 2.03. The van der Waals surface area contributed by atoms with Crippen LogP contribution in [-0.4, -0.2) is 30.5 Å². The summed E-state index contributed by atoms with van der Waals surface area (Å²) < 4.78 is 21.2. The molecule has 0 amide bonds. The molecule has 1 heterocycles. The topological polar surface area (TPSA) is 22.1 Å². The zero-order chi connectivity index (χ0) is 13.5. The van der Waals surface area contributed by atoms with Gasteiger partial charge in [-0.05, 0) is 0 Å². The average Bonchev–Trinajstić information content (AvgIpc) is 2.27. The fourth-order valence-corrected chi connectivity index (χ4v) is 6.70. The van der Waals surface area contributed by atoms with Crippen molar-refractivity contribution >= 4 is 48.7 Å². The molecule has 0 aliphatic rings. The molecule has 1 aromatic carbocycles. The van der Waals surface area contributed by atoms with Crippen LogP contribution in [0.4, 0.5) is 4.39 Å². The first-order chi connectivity index (χ1) is 8.36. The molecule has 2 nitrogen and oxygen atoms in total. The Balaban J connectivity index is 2.98. The van der Waals surface area contributed by atoms with Gasteiger partial charge in [-0.2, -0.15) is 0 Å². The number of hydrogen-bond acceptors (Lipinski definition) is 2. The predicted octanol–water partition coefficient (Wildman–Crippen LogP) is 3.69. The Labute approximate surface area is 119 Å². The summed E-state index contributed by atoms with van der Waals surface area (Å²) in [4.78, 5) is 11.1. The van der Waals surface area contributed by atoms with E-state index in [-0.39, 0.29) is 5.82 Å². The van der Waals surface area contributed by atoms with Crippen molar-refractivity contribution in [1.29, 1.82) is 0 Å². The molecular weight excluding hydrogens is 404 g/mol. The summed E-state index contributed by atoms with van der Waals surface area (Å²) in [5.41, 5.74) is 0. The van der Waals surface area contributed by atoms with Gasteiger partial charge in [-0.15, -0.1) is 0 Å². The summed E-state index contributed by atoms with van der Waals surface area (Å²) in [6, 6.07) is 1.44. The molecule has 0 saturated heterocycles. The summed E-state index contributed by atoms with van der Waals surface area (Å²) in [5.74, 6) is -0.00270. The van der Waals surface area contributed by atoms with Crippen LogP contribution in [0.15, 0.2) is 22.9 Å². The first-order valence-corrected chi connectivity index (χ1v) is 16.4. The monoisotopic (exact) mass is 419 g/mol. The van der Waals surface area contributed by atoms with Gasteiger partial charge in [0.25, 0.3) is 0 Å². The van der Waals surface area contributed by atoms with E-state index < -0.39 is 18.4 Å². The molecule has 0 unspecified atom stereocenters. The Hall–Kier alpha value is -0.361. The molecule has 5 heteroatoms. The number of methoxy groups -OCH3 is 1. The second kappa shape index (κ2) is 4.96. The third-order valence-corrected chi connectivity index (χ3v) is 9.26. The second-order valence-corrected chi connectivity index (χ2v) is 20.5. The van der Waals surface area contributed by atoms with Gasteiger partial charge in [0.05, 0.1) is 0 Å². The van der Waals surface area contributed by atoms with E-state index in [2.05, 4.69) is 35.7 Å². The number of benzene rings is 1. The molecule has 0 aliphatic carbocycles. The van der Waals surface area contributed by atoms with Gasteiger partial charge in [0.15, 0.2) is 0 Å². The summed E-state index contributed by atoms with van der Waals surface area (Å²) >= 11 is 1.02. The molecular formula is C13H15BrFNOSn. The minimum absolute atomic E-state index is 0.331. The number of halogens is 2. The summed E-state index contributed by atoms with van der Waals surface area (Å²) in [5, 5.41) is 1.79.